The van der Waals surface area contributed by atoms with E-state index in [0.717, 1.165) is 12.0 Å². The average Bonchev–Trinajstić information content (AvgIpc) is 2.89. The third-order valence-corrected chi connectivity index (χ3v) is 3.02. The Hall–Kier alpha value is -1.88. The van der Waals surface area contributed by atoms with Gasteiger partial charge >= 0.3 is 0 Å². The highest BCUT2D eigenvalue weighted by atomic mass is 35.5. The second kappa shape index (κ2) is 6.52. The lowest BCUT2D eigenvalue weighted by Gasteiger charge is -2.08. The molecule has 1 unspecified atom stereocenters. The van der Waals surface area contributed by atoms with Crippen molar-refractivity contribution in [2.24, 2.45) is 0 Å². The lowest BCUT2D eigenvalue weighted by atomic mass is 10.2. The molecular formula is C14H16ClN3O2. The number of nitrogens with zero attached hydrogens (tertiary/aromatic N) is 2. The van der Waals surface area contributed by atoms with Crippen molar-refractivity contribution < 1.29 is 9.32 Å². The first-order valence-electron chi connectivity index (χ1n) is 6.49. The Balaban J connectivity index is 2.08. The van der Waals surface area contributed by atoms with Crippen molar-refractivity contribution in [3.63, 3.8) is 0 Å². The van der Waals surface area contributed by atoms with E-state index in [1.54, 1.807) is 12.1 Å². The van der Waals surface area contributed by atoms with Crippen molar-refractivity contribution >= 4 is 17.5 Å². The van der Waals surface area contributed by atoms with Crippen LogP contribution in [0.5, 0.6) is 0 Å². The molecule has 2 aromatic rings. The monoisotopic (exact) mass is 293 g/mol. The predicted octanol–water partition coefficient (Wildman–Crippen LogP) is 3.37. The predicted molar refractivity (Wildman–Crippen MR) is 76.2 cm³/mol. The van der Waals surface area contributed by atoms with E-state index in [9.17, 15) is 4.79 Å². The van der Waals surface area contributed by atoms with E-state index in [4.69, 9.17) is 16.1 Å². The quantitative estimate of drug-likeness (QED) is 0.918. The van der Waals surface area contributed by atoms with Gasteiger partial charge in [0.25, 0.3) is 0 Å². The molecule has 2 rings (SSSR count). The van der Waals surface area contributed by atoms with Crippen LogP contribution in [-0.4, -0.2) is 16.0 Å². The SMILES string of the molecule is CCCC(=O)NC(C)c1nc(-c2ccc(Cl)cc2)no1. The zero-order valence-corrected chi connectivity index (χ0v) is 12.1. The number of carbonyl (C=O) groups is 1. The van der Waals surface area contributed by atoms with Gasteiger partial charge in [-0.2, -0.15) is 4.98 Å². The summed E-state index contributed by atoms with van der Waals surface area (Å²) < 4.78 is 5.18. The second-order valence-electron chi connectivity index (χ2n) is 4.50. The molecule has 0 aliphatic rings. The van der Waals surface area contributed by atoms with Gasteiger partial charge in [0.05, 0.1) is 0 Å². The van der Waals surface area contributed by atoms with Crippen molar-refractivity contribution in [2.45, 2.75) is 32.7 Å². The number of amides is 1. The normalized spacial score (nSPS) is 12.2. The summed E-state index contributed by atoms with van der Waals surface area (Å²) in [5, 5.41) is 7.38. The molecule has 1 aromatic carbocycles. The maximum atomic E-state index is 11.5. The van der Waals surface area contributed by atoms with Gasteiger partial charge in [-0.25, -0.2) is 0 Å². The van der Waals surface area contributed by atoms with Crippen molar-refractivity contribution in [3.05, 3.63) is 35.2 Å². The van der Waals surface area contributed by atoms with Gasteiger partial charge in [0.2, 0.25) is 17.6 Å². The van der Waals surface area contributed by atoms with E-state index in [1.165, 1.54) is 0 Å². The van der Waals surface area contributed by atoms with Crippen LogP contribution in [0.3, 0.4) is 0 Å². The number of benzene rings is 1. The summed E-state index contributed by atoms with van der Waals surface area (Å²) in [5.41, 5.74) is 0.816. The first-order chi connectivity index (χ1) is 9.60. The molecule has 1 amide bonds. The largest absolute Gasteiger partial charge is 0.345 e. The fourth-order valence-corrected chi connectivity index (χ4v) is 1.86. The standard InChI is InChI=1S/C14H16ClN3O2/c1-3-4-12(19)16-9(2)14-17-13(18-20-14)10-5-7-11(15)8-6-10/h5-9H,3-4H2,1-2H3,(H,16,19). The van der Waals surface area contributed by atoms with Crippen LogP contribution in [0.4, 0.5) is 0 Å². The molecular weight excluding hydrogens is 278 g/mol. The van der Waals surface area contributed by atoms with Crippen LogP contribution < -0.4 is 5.32 Å². The minimum atomic E-state index is -0.303. The van der Waals surface area contributed by atoms with E-state index in [0.29, 0.717) is 23.2 Å². The second-order valence-corrected chi connectivity index (χ2v) is 4.94. The molecule has 0 aliphatic carbocycles. The molecule has 5 nitrogen and oxygen atoms in total. The summed E-state index contributed by atoms with van der Waals surface area (Å²) in [5.74, 6) is 0.846. The molecule has 106 valence electrons. The average molecular weight is 294 g/mol. The Morgan fingerprint density at radius 2 is 2.10 bits per heavy atom. The Kier molecular flexibility index (Phi) is 4.74. The zero-order chi connectivity index (χ0) is 14.5. The molecule has 1 atom stereocenters. The molecule has 0 saturated carbocycles. The highest BCUT2D eigenvalue weighted by Crippen LogP contribution is 2.20. The number of halogens is 1. The van der Waals surface area contributed by atoms with Gasteiger partial charge < -0.3 is 9.84 Å². The van der Waals surface area contributed by atoms with Crippen molar-refractivity contribution in [2.75, 3.05) is 0 Å². The summed E-state index contributed by atoms with van der Waals surface area (Å²) in [4.78, 5) is 15.8. The molecule has 0 bridgehead atoms. The van der Waals surface area contributed by atoms with Crippen LogP contribution in [0, 0.1) is 0 Å². The van der Waals surface area contributed by atoms with E-state index in [-0.39, 0.29) is 11.9 Å². The first-order valence-corrected chi connectivity index (χ1v) is 6.87. The lowest BCUT2D eigenvalue weighted by molar-refractivity contribution is -0.121. The smallest absolute Gasteiger partial charge is 0.249 e. The van der Waals surface area contributed by atoms with E-state index in [2.05, 4.69) is 15.5 Å². The number of hydrogen-bond acceptors (Lipinski definition) is 4. The molecule has 1 aromatic heterocycles. The highest BCUT2D eigenvalue weighted by molar-refractivity contribution is 6.30. The van der Waals surface area contributed by atoms with Gasteiger partial charge in [0, 0.05) is 17.0 Å². The van der Waals surface area contributed by atoms with E-state index >= 15 is 0 Å². The number of hydrogen-bond donors (Lipinski definition) is 1. The van der Waals surface area contributed by atoms with Gasteiger partial charge in [0.15, 0.2) is 0 Å². The maximum absolute atomic E-state index is 11.5. The van der Waals surface area contributed by atoms with E-state index in [1.807, 2.05) is 26.0 Å². The first kappa shape index (κ1) is 14.5. The van der Waals surface area contributed by atoms with Crippen LogP contribution in [0.1, 0.15) is 38.6 Å². The molecule has 20 heavy (non-hydrogen) atoms. The van der Waals surface area contributed by atoms with Crippen molar-refractivity contribution in [3.8, 4) is 11.4 Å². The molecule has 0 fully saturated rings. The molecule has 1 heterocycles. The fraction of sp³-hybridized carbons (Fsp3) is 0.357. The number of aromatic nitrogens is 2. The molecule has 0 radical (unpaired) electrons. The molecule has 0 spiro atoms. The number of rotatable bonds is 5. The van der Waals surface area contributed by atoms with Gasteiger partial charge in [-0.15, -0.1) is 0 Å². The minimum Gasteiger partial charge on any atom is -0.345 e. The summed E-state index contributed by atoms with van der Waals surface area (Å²) >= 11 is 5.83. The topological polar surface area (TPSA) is 68.0 Å². The minimum absolute atomic E-state index is 0.0220. The summed E-state index contributed by atoms with van der Waals surface area (Å²) in [6.45, 7) is 3.77. The van der Waals surface area contributed by atoms with Crippen LogP contribution in [0.2, 0.25) is 5.02 Å². The zero-order valence-electron chi connectivity index (χ0n) is 11.4. The van der Waals surface area contributed by atoms with Gasteiger partial charge in [0.1, 0.15) is 6.04 Å². The lowest BCUT2D eigenvalue weighted by Crippen LogP contribution is -2.26. The molecule has 6 heteroatoms. The number of carbonyl (C=O) groups excluding carboxylic acids is 1. The summed E-state index contributed by atoms with van der Waals surface area (Å²) in [6, 6.07) is 6.86. The Bertz CT molecular complexity index is 580. The summed E-state index contributed by atoms with van der Waals surface area (Å²) in [6.07, 6.45) is 1.29. The molecule has 0 saturated heterocycles. The maximum Gasteiger partial charge on any atom is 0.249 e. The third kappa shape index (κ3) is 3.57. The van der Waals surface area contributed by atoms with Crippen molar-refractivity contribution in [1.82, 2.24) is 15.5 Å². The third-order valence-electron chi connectivity index (χ3n) is 2.77. The van der Waals surface area contributed by atoms with Gasteiger partial charge in [-0.05, 0) is 37.6 Å². The summed E-state index contributed by atoms with van der Waals surface area (Å²) in [7, 11) is 0. The molecule has 0 aliphatic heterocycles. The van der Waals surface area contributed by atoms with E-state index < -0.39 is 0 Å². The van der Waals surface area contributed by atoms with Crippen LogP contribution in [-0.2, 0) is 4.79 Å². The Morgan fingerprint density at radius 3 is 2.75 bits per heavy atom. The molecule has 1 N–H and O–H groups in total. The Labute approximate surface area is 122 Å². The van der Waals surface area contributed by atoms with Crippen molar-refractivity contribution in [1.29, 1.82) is 0 Å². The highest BCUT2D eigenvalue weighted by Gasteiger charge is 2.16. The van der Waals surface area contributed by atoms with Crippen LogP contribution in [0.25, 0.3) is 11.4 Å². The van der Waals surface area contributed by atoms with Crippen LogP contribution >= 0.6 is 11.6 Å². The van der Waals surface area contributed by atoms with Crippen LogP contribution in [0.15, 0.2) is 28.8 Å². The van der Waals surface area contributed by atoms with Gasteiger partial charge in [-0.3, -0.25) is 4.79 Å². The Morgan fingerprint density at radius 1 is 1.40 bits per heavy atom. The fourth-order valence-electron chi connectivity index (χ4n) is 1.73. The number of nitrogens with one attached hydrogen (secondary N) is 1. The van der Waals surface area contributed by atoms with Gasteiger partial charge in [-0.1, -0.05) is 23.7 Å².